The Morgan fingerprint density at radius 2 is 1.52 bits per heavy atom. The Hall–Kier alpha value is -0.660. The van der Waals surface area contributed by atoms with Gasteiger partial charge in [0.15, 0.2) is 0 Å². The Bertz CT molecular complexity index is 562. The summed E-state index contributed by atoms with van der Waals surface area (Å²) in [4.78, 5) is 24.8. The minimum absolute atomic E-state index is 0.156. The van der Waals surface area contributed by atoms with E-state index in [0.29, 0.717) is 46.1 Å². The molecule has 0 radical (unpaired) electrons. The summed E-state index contributed by atoms with van der Waals surface area (Å²) >= 11 is 0. The van der Waals surface area contributed by atoms with Crippen LogP contribution < -0.4 is 0 Å². The first-order chi connectivity index (χ1) is 10.7. The van der Waals surface area contributed by atoms with Crippen molar-refractivity contribution in [3.63, 3.8) is 0 Å². The zero-order valence-electron chi connectivity index (χ0n) is 15.3. The van der Waals surface area contributed by atoms with Crippen LogP contribution in [0.2, 0.25) is 0 Å². The van der Waals surface area contributed by atoms with E-state index in [9.17, 15) is 9.59 Å². The molecule has 0 spiro atoms. The molecule has 4 aliphatic rings. The molecule has 4 saturated carbocycles. The predicted octanol–water partition coefficient (Wildman–Crippen LogP) is 4.80. The molecular weight excluding hydrogens is 284 g/mol. The van der Waals surface area contributed by atoms with Crippen molar-refractivity contribution in [3.05, 3.63) is 0 Å². The molecule has 23 heavy (non-hydrogen) atoms. The van der Waals surface area contributed by atoms with E-state index >= 15 is 0 Å². The molecule has 0 aliphatic heterocycles. The number of carbonyl (C=O) groups excluding carboxylic acids is 2. The molecule has 0 N–H and O–H groups in total. The van der Waals surface area contributed by atoms with Crippen LogP contribution in [-0.2, 0) is 9.59 Å². The fourth-order valence-electron chi connectivity index (χ4n) is 7.90. The Morgan fingerprint density at radius 3 is 2.26 bits per heavy atom. The Balaban J connectivity index is 1.73. The van der Waals surface area contributed by atoms with Crippen LogP contribution in [0.5, 0.6) is 0 Å². The van der Waals surface area contributed by atoms with E-state index in [1.54, 1.807) is 0 Å². The first kappa shape index (κ1) is 15.8. The van der Waals surface area contributed by atoms with Gasteiger partial charge in [0.25, 0.3) is 0 Å². The highest BCUT2D eigenvalue weighted by atomic mass is 16.1. The molecule has 0 aromatic heterocycles. The molecule has 0 aromatic carbocycles. The zero-order chi connectivity index (χ0) is 16.6. The minimum Gasteiger partial charge on any atom is -0.299 e. The van der Waals surface area contributed by atoms with Crippen LogP contribution in [0.3, 0.4) is 0 Å². The Morgan fingerprint density at radius 1 is 0.783 bits per heavy atom. The van der Waals surface area contributed by atoms with Gasteiger partial charge in [-0.1, -0.05) is 27.7 Å². The predicted molar refractivity (Wildman–Crippen MR) is 90.9 cm³/mol. The maximum Gasteiger partial charge on any atom is 0.138 e. The summed E-state index contributed by atoms with van der Waals surface area (Å²) in [7, 11) is 0. The third kappa shape index (κ3) is 1.87. The summed E-state index contributed by atoms with van der Waals surface area (Å²) in [5.41, 5.74) is 0.467. The van der Waals surface area contributed by atoms with Gasteiger partial charge in [0.05, 0.1) is 0 Å². The molecule has 4 rings (SSSR count). The number of fused-ring (bicyclic) bond motifs is 5. The normalized spacial score (nSPS) is 51.8. The van der Waals surface area contributed by atoms with Crippen molar-refractivity contribution in [2.75, 3.05) is 0 Å². The van der Waals surface area contributed by atoms with E-state index in [1.165, 1.54) is 19.3 Å². The molecule has 0 bridgehead atoms. The Labute approximate surface area is 140 Å². The lowest BCUT2D eigenvalue weighted by Gasteiger charge is -2.65. The third-order valence-corrected chi connectivity index (χ3v) is 9.05. The van der Waals surface area contributed by atoms with Crippen molar-refractivity contribution >= 4 is 11.6 Å². The van der Waals surface area contributed by atoms with Crippen LogP contribution in [0.15, 0.2) is 0 Å². The van der Waals surface area contributed by atoms with Crippen molar-refractivity contribution in [1.82, 2.24) is 0 Å². The van der Waals surface area contributed by atoms with E-state index < -0.39 is 0 Å². The summed E-state index contributed by atoms with van der Waals surface area (Å²) in [6.07, 6.45) is 8.51. The van der Waals surface area contributed by atoms with Gasteiger partial charge in [-0.05, 0) is 67.1 Å². The number of Topliss-reactive ketones (excluding diaryl/α,β-unsaturated/α-hetero) is 2. The van der Waals surface area contributed by atoms with Gasteiger partial charge >= 0.3 is 0 Å². The molecule has 4 aliphatic carbocycles. The van der Waals surface area contributed by atoms with E-state index in [-0.39, 0.29) is 5.41 Å². The van der Waals surface area contributed by atoms with Crippen molar-refractivity contribution in [3.8, 4) is 0 Å². The SMILES string of the molecule is CC1(C)C(=O)CC[C@]2(C)[C@H]3CC[C@H]4C(=O)CC[C@H]4[C@]3(C)CC[C@@H]12. The average molecular weight is 316 g/mol. The molecule has 0 heterocycles. The van der Waals surface area contributed by atoms with Gasteiger partial charge in [-0.25, -0.2) is 0 Å². The highest BCUT2D eigenvalue weighted by Crippen LogP contribution is 2.69. The first-order valence-corrected chi connectivity index (χ1v) is 9.77. The maximum absolute atomic E-state index is 12.5. The maximum atomic E-state index is 12.5. The van der Waals surface area contributed by atoms with Crippen molar-refractivity contribution in [2.24, 2.45) is 39.9 Å². The number of carbonyl (C=O) groups is 2. The highest BCUT2D eigenvalue weighted by Gasteiger charge is 2.64. The molecular formula is C21H32O2. The lowest BCUT2D eigenvalue weighted by molar-refractivity contribution is -0.178. The summed E-state index contributed by atoms with van der Waals surface area (Å²) in [5.74, 6) is 3.23. The zero-order valence-corrected chi connectivity index (χ0v) is 15.3. The second-order valence-electron chi connectivity index (χ2n) is 10.1. The lowest BCUT2D eigenvalue weighted by atomic mass is 9.39. The standard InChI is InChI=1S/C21H32O2/c1-19(2)16-9-11-20(3)14-6-7-15(22)13(14)5-8-17(20)21(16,4)12-10-18(19)23/h13-14,16-17H,5-12H2,1-4H3/t13-,14-,16+,17+,20+,21+/m1/s1. The van der Waals surface area contributed by atoms with E-state index in [2.05, 4.69) is 27.7 Å². The van der Waals surface area contributed by atoms with Crippen molar-refractivity contribution in [1.29, 1.82) is 0 Å². The molecule has 128 valence electrons. The van der Waals surface area contributed by atoms with E-state index in [0.717, 1.165) is 32.1 Å². The summed E-state index contributed by atoms with van der Waals surface area (Å²) < 4.78 is 0. The average Bonchev–Trinajstić information content (AvgIpc) is 2.86. The molecule has 2 heteroatoms. The molecule has 0 saturated heterocycles. The topological polar surface area (TPSA) is 34.1 Å². The van der Waals surface area contributed by atoms with Gasteiger partial charge in [0, 0.05) is 24.2 Å². The smallest absolute Gasteiger partial charge is 0.138 e. The van der Waals surface area contributed by atoms with E-state index in [1.807, 2.05) is 0 Å². The largest absolute Gasteiger partial charge is 0.299 e. The van der Waals surface area contributed by atoms with Crippen LogP contribution in [0.1, 0.15) is 79.1 Å². The van der Waals surface area contributed by atoms with Crippen LogP contribution >= 0.6 is 0 Å². The van der Waals surface area contributed by atoms with Crippen LogP contribution in [0.25, 0.3) is 0 Å². The van der Waals surface area contributed by atoms with Gasteiger partial charge < -0.3 is 0 Å². The molecule has 0 aromatic rings. The lowest BCUT2D eigenvalue weighted by Crippen LogP contribution is -2.60. The third-order valence-electron chi connectivity index (χ3n) is 9.05. The fraction of sp³-hybridized carbons (Fsp3) is 0.905. The van der Waals surface area contributed by atoms with Crippen molar-refractivity contribution < 1.29 is 9.59 Å². The van der Waals surface area contributed by atoms with Gasteiger partial charge in [0.1, 0.15) is 11.6 Å². The van der Waals surface area contributed by atoms with Gasteiger partial charge in [-0.3, -0.25) is 9.59 Å². The second kappa shape index (κ2) is 4.70. The number of hydrogen-bond acceptors (Lipinski definition) is 2. The van der Waals surface area contributed by atoms with Crippen LogP contribution in [-0.4, -0.2) is 11.6 Å². The quantitative estimate of drug-likeness (QED) is 0.643. The molecule has 4 fully saturated rings. The molecule has 2 nitrogen and oxygen atoms in total. The molecule has 6 atom stereocenters. The summed E-state index contributed by atoms with van der Waals surface area (Å²) in [5, 5.41) is 0. The summed E-state index contributed by atoms with van der Waals surface area (Å²) in [6.45, 7) is 9.39. The number of ketones is 2. The van der Waals surface area contributed by atoms with Gasteiger partial charge in [-0.2, -0.15) is 0 Å². The molecule has 0 unspecified atom stereocenters. The van der Waals surface area contributed by atoms with Crippen molar-refractivity contribution in [2.45, 2.75) is 79.1 Å². The van der Waals surface area contributed by atoms with Crippen LogP contribution in [0, 0.1) is 39.9 Å². The minimum atomic E-state index is -0.156. The number of rotatable bonds is 0. The first-order valence-electron chi connectivity index (χ1n) is 9.77. The van der Waals surface area contributed by atoms with E-state index in [4.69, 9.17) is 0 Å². The highest BCUT2D eigenvalue weighted by molar-refractivity contribution is 5.85. The van der Waals surface area contributed by atoms with Crippen LogP contribution in [0.4, 0.5) is 0 Å². The monoisotopic (exact) mass is 316 g/mol. The fourth-order valence-corrected chi connectivity index (χ4v) is 7.90. The second-order valence-corrected chi connectivity index (χ2v) is 10.1. The number of hydrogen-bond donors (Lipinski definition) is 0. The van der Waals surface area contributed by atoms with Gasteiger partial charge in [0.2, 0.25) is 0 Å². The van der Waals surface area contributed by atoms with Gasteiger partial charge in [-0.15, -0.1) is 0 Å². The molecule has 0 amide bonds. The summed E-state index contributed by atoms with van der Waals surface area (Å²) in [6, 6.07) is 0. The Kier molecular flexibility index (Phi) is 3.24.